The first-order valence-corrected chi connectivity index (χ1v) is 15.9. The zero-order valence-corrected chi connectivity index (χ0v) is 26.7. The van der Waals surface area contributed by atoms with Gasteiger partial charge in [0.15, 0.2) is 6.10 Å². The highest BCUT2D eigenvalue weighted by Gasteiger charge is 2.25. The van der Waals surface area contributed by atoms with Crippen molar-refractivity contribution in [2.24, 2.45) is 0 Å². The van der Waals surface area contributed by atoms with E-state index >= 15 is 0 Å². The van der Waals surface area contributed by atoms with E-state index in [0.29, 0.717) is 12.8 Å². The predicted molar refractivity (Wildman–Crippen MR) is 162 cm³/mol. The average molecular weight is 582 g/mol. The molecular formula is C33H59NO7. The number of carboxylic acid groups (broad SMARTS) is 1. The molecule has 41 heavy (non-hydrogen) atoms. The van der Waals surface area contributed by atoms with Gasteiger partial charge in [0.05, 0.1) is 40.3 Å². The molecule has 238 valence electrons. The number of rotatable bonds is 27. The maximum atomic E-state index is 12.5. The Morgan fingerprint density at radius 2 is 1.37 bits per heavy atom. The highest BCUT2D eigenvalue weighted by molar-refractivity contribution is 5.70. The molecule has 0 radical (unpaired) electrons. The topological polar surface area (TPSA) is 102 Å². The van der Waals surface area contributed by atoms with Crippen molar-refractivity contribution in [3.8, 4) is 0 Å². The van der Waals surface area contributed by atoms with Crippen molar-refractivity contribution in [3.05, 3.63) is 24.3 Å². The number of unbranched alkanes of at least 4 members (excludes halogenated alkanes) is 9. The molecule has 8 heteroatoms. The van der Waals surface area contributed by atoms with Crippen LogP contribution in [0.15, 0.2) is 24.3 Å². The molecule has 8 nitrogen and oxygen atoms in total. The van der Waals surface area contributed by atoms with Crippen LogP contribution in [0.3, 0.4) is 0 Å². The van der Waals surface area contributed by atoms with Crippen molar-refractivity contribution in [2.75, 3.05) is 41.0 Å². The molecule has 0 heterocycles. The zero-order valence-electron chi connectivity index (χ0n) is 26.7. The van der Waals surface area contributed by atoms with Gasteiger partial charge in [-0.1, -0.05) is 83.1 Å². The Labute approximate surface area is 250 Å². The number of hydrogen-bond donors (Lipinski definition) is 0. The SMILES string of the molecule is CC/C=C/C/C=C/CCCCC(=O)OCC(COCCC(C(=O)[O-])[N+](C)(C)C)OC(=O)CCCCCCCCCC. The van der Waals surface area contributed by atoms with Crippen molar-refractivity contribution in [3.63, 3.8) is 0 Å². The number of allylic oxidation sites excluding steroid dienone is 4. The van der Waals surface area contributed by atoms with Crippen molar-refractivity contribution in [1.29, 1.82) is 0 Å². The van der Waals surface area contributed by atoms with E-state index in [4.69, 9.17) is 14.2 Å². The highest BCUT2D eigenvalue weighted by atomic mass is 16.6. The third-order valence-electron chi connectivity index (χ3n) is 6.85. The van der Waals surface area contributed by atoms with E-state index < -0.39 is 18.1 Å². The molecule has 0 N–H and O–H groups in total. The lowest BCUT2D eigenvalue weighted by Gasteiger charge is -2.34. The minimum atomic E-state index is -1.13. The number of aliphatic carboxylic acids is 1. The second kappa shape index (κ2) is 25.5. The number of nitrogens with zero attached hydrogens (tertiary/aromatic N) is 1. The van der Waals surface area contributed by atoms with Crippen LogP contribution in [0, 0.1) is 0 Å². The predicted octanol–water partition coefficient (Wildman–Crippen LogP) is 5.68. The van der Waals surface area contributed by atoms with E-state index in [-0.39, 0.29) is 42.7 Å². The summed E-state index contributed by atoms with van der Waals surface area (Å²) in [5.74, 6) is -1.79. The number of hydrogen-bond acceptors (Lipinski definition) is 7. The molecule has 0 aliphatic rings. The summed E-state index contributed by atoms with van der Waals surface area (Å²) in [4.78, 5) is 36.2. The summed E-state index contributed by atoms with van der Waals surface area (Å²) in [6.45, 7) is 4.43. The standard InChI is InChI=1S/C33H59NO7/c1-6-8-10-12-14-16-18-19-21-23-31(35)40-28-29(27-39-26-25-30(33(37)38)34(3,4)5)41-32(36)24-22-20-17-15-13-11-9-7-2/h8,10,14,16,29-30H,6-7,9,11-13,15,17-28H2,1-5H3/b10-8+,16-14+. The summed E-state index contributed by atoms with van der Waals surface area (Å²) in [5.41, 5.74) is 0. The third kappa shape index (κ3) is 24.1. The molecule has 0 saturated heterocycles. The molecule has 0 aromatic rings. The summed E-state index contributed by atoms with van der Waals surface area (Å²) < 4.78 is 16.9. The van der Waals surface area contributed by atoms with Gasteiger partial charge < -0.3 is 28.6 Å². The number of quaternary nitrogens is 1. The molecule has 2 atom stereocenters. The molecule has 0 aromatic heterocycles. The molecule has 0 aliphatic heterocycles. The number of esters is 2. The molecule has 2 unspecified atom stereocenters. The Balaban J connectivity index is 4.56. The average Bonchev–Trinajstić information content (AvgIpc) is 2.91. The Kier molecular flexibility index (Phi) is 24.2. The fourth-order valence-electron chi connectivity index (χ4n) is 4.34. The van der Waals surface area contributed by atoms with Crippen LogP contribution in [0.25, 0.3) is 0 Å². The van der Waals surface area contributed by atoms with Gasteiger partial charge in [-0.25, -0.2) is 0 Å². The quantitative estimate of drug-likeness (QED) is 0.0533. The fraction of sp³-hybridized carbons (Fsp3) is 0.788. The van der Waals surface area contributed by atoms with E-state index in [1.54, 1.807) is 21.1 Å². The third-order valence-corrected chi connectivity index (χ3v) is 6.85. The molecule has 0 aliphatic carbocycles. The smallest absolute Gasteiger partial charge is 0.306 e. The van der Waals surface area contributed by atoms with Crippen LogP contribution < -0.4 is 5.11 Å². The lowest BCUT2D eigenvalue weighted by molar-refractivity contribution is -0.889. The van der Waals surface area contributed by atoms with Gasteiger partial charge in [-0.15, -0.1) is 0 Å². The van der Waals surface area contributed by atoms with E-state index in [9.17, 15) is 19.5 Å². The Morgan fingerprint density at radius 1 is 0.756 bits per heavy atom. The first kappa shape index (κ1) is 38.8. The number of carboxylic acids is 1. The molecule has 0 aromatic carbocycles. The number of carbonyl (C=O) groups excluding carboxylic acids is 3. The summed E-state index contributed by atoms with van der Waals surface area (Å²) in [7, 11) is 5.37. The lowest BCUT2D eigenvalue weighted by atomic mass is 10.1. The van der Waals surface area contributed by atoms with Gasteiger partial charge in [-0.2, -0.15) is 0 Å². The van der Waals surface area contributed by atoms with Crippen LogP contribution in [-0.2, 0) is 28.6 Å². The van der Waals surface area contributed by atoms with Crippen LogP contribution in [0.2, 0.25) is 0 Å². The molecule has 0 saturated carbocycles. The largest absolute Gasteiger partial charge is 0.544 e. The van der Waals surface area contributed by atoms with Gasteiger partial charge in [-0.3, -0.25) is 9.59 Å². The fourth-order valence-corrected chi connectivity index (χ4v) is 4.34. The Bertz CT molecular complexity index is 742. The van der Waals surface area contributed by atoms with Gasteiger partial charge in [0.25, 0.3) is 0 Å². The van der Waals surface area contributed by atoms with Gasteiger partial charge in [0.2, 0.25) is 0 Å². The maximum absolute atomic E-state index is 12.5. The normalized spacial score (nSPS) is 13.5. The van der Waals surface area contributed by atoms with E-state index in [2.05, 4.69) is 38.2 Å². The number of ether oxygens (including phenoxy) is 3. The lowest BCUT2D eigenvalue weighted by Crippen LogP contribution is -2.55. The van der Waals surface area contributed by atoms with Crippen LogP contribution in [0.5, 0.6) is 0 Å². The monoisotopic (exact) mass is 581 g/mol. The van der Waals surface area contributed by atoms with E-state index in [1.165, 1.54) is 32.1 Å². The number of likely N-dealkylation sites (N-methyl/N-ethyl adjacent to an activating group) is 1. The van der Waals surface area contributed by atoms with Crippen LogP contribution in [-0.4, -0.2) is 75.5 Å². The molecule has 0 rings (SSSR count). The van der Waals surface area contributed by atoms with Crippen molar-refractivity contribution >= 4 is 17.9 Å². The van der Waals surface area contributed by atoms with Crippen LogP contribution >= 0.6 is 0 Å². The Morgan fingerprint density at radius 3 is 2.00 bits per heavy atom. The second-order valence-electron chi connectivity index (χ2n) is 11.7. The minimum absolute atomic E-state index is 0.0324. The number of carbonyl (C=O) groups is 3. The maximum Gasteiger partial charge on any atom is 0.306 e. The molecule has 0 spiro atoms. The van der Waals surface area contributed by atoms with Crippen molar-refractivity contribution in [2.45, 2.75) is 129 Å². The molecule has 0 fully saturated rings. The van der Waals surface area contributed by atoms with E-state index in [1.807, 2.05) is 0 Å². The van der Waals surface area contributed by atoms with Crippen LogP contribution in [0.4, 0.5) is 0 Å². The Hall–Kier alpha value is -2.19. The minimum Gasteiger partial charge on any atom is -0.544 e. The second-order valence-corrected chi connectivity index (χ2v) is 11.7. The van der Waals surface area contributed by atoms with Crippen LogP contribution in [0.1, 0.15) is 117 Å². The van der Waals surface area contributed by atoms with Gasteiger partial charge >= 0.3 is 11.9 Å². The van der Waals surface area contributed by atoms with E-state index in [0.717, 1.165) is 51.4 Å². The first-order chi connectivity index (χ1) is 19.6. The van der Waals surface area contributed by atoms with Gasteiger partial charge in [0.1, 0.15) is 12.6 Å². The molecular weight excluding hydrogens is 522 g/mol. The first-order valence-electron chi connectivity index (χ1n) is 15.9. The zero-order chi connectivity index (χ0) is 30.8. The molecule has 0 bridgehead atoms. The van der Waals surface area contributed by atoms with Gasteiger partial charge in [-0.05, 0) is 38.5 Å². The summed E-state index contributed by atoms with van der Waals surface area (Å²) in [6.07, 6.45) is 22.3. The summed E-state index contributed by atoms with van der Waals surface area (Å²) >= 11 is 0. The van der Waals surface area contributed by atoms with Gasteiger partial charge in [0, 0.05) is 19.3 Å². The summed E-state index contributed by atoms with van der Waals surface area (Å²) in [6, 6.07) is -0.724. The summed E-state index contributed by atoms with van der Waals surface area (Å²) in [5, 5.41) is 11.5. The molecule has 0 amide bonds. The van der Waals surface area contributed by atoms with Crippen molar-refractivity contribution in [1.82, 2.24) is 0 Å². The highest BCUT2D eigenvalue weighted by Crippen LogP contribution is 2.12. The van der Waals surface area contributed by atoms with Crippen molar-refractivity contribution < 1.29 is 38.2 Å².